The molecule has 0 saturated carbocycles. The van der Waals surface area contributed by atoms with Crippen molar-refractivity contribution in [2.45, 2.75) is 4.90 Å². The largest absolute Gasteiger partial charge is 0.490 e. The predicted octanol–water partition coefficient (Wildman–Crippen LogP) is 4.01. The Kier molecular flexibility index (Phi) is 5.10. The first-order chi connectivity index (χ1) is 9.29. The average molecular weight is 278 g/mol. The lowest BCUT2D eigenvalue weighted by Crippen LogP contribution is -2.09. The van der Waals surface area contributed by atoms with E-state index in [1.165, 1.54) is 11.0 Å². The monoisotopic (exact) mass is 278 g/mol. The summed E-state index contributed by atoms with van der Waals surface area (Å²) in [6, 6.07) is 14.2. The fraction of sp³-hybridized carbons (Fsp3) is 0.200. The summed E-state index contributed by atoms with van der Waals surface area (Å²) in [5.41, 5.74) is 0. The van der Waals surface area contributed by atoms with Crippen molar-refractivity contribution in [2.75, 3.05) is 19.5 Å². The first-order valence-corrected chi connectivity index (χ1v) is 7.16. The molecular formula is C15H15FO2S. The molecule has 100 valence electrons. The molecule has 0 atom stereocenters. The highest BCUT2D eigenvalue weighted by atomic mass is 32.2. The Morgan fingerprint density at radius 2 is 1.63 bits per heavy atom. The Bertz CT molecular complexity index is 514. The van der Waals surface area contributed by atoms with Crippen LogP contribution in [0.4, 0.5) is 4.39 Å². The minimum absolute atomic E-state index is 0.254. The highest BCUT2D eigenvalue weighted by Crippen LogP contribution is 2.19. The standard InChI is InChI=1S/C15H15FO2S/c1-19-13-8-6-12(7-9-13)17-10-11-18-15-5-3-2-4-14(15)16/h2-9H,10-11H2,1H3. The third kappa shape index (κ3) is 4.17. The molecule has 0 aromatic heterocycles. The molecule has 2 aromatic rings. The van der Waals surface area contributed by atoms with E-state index in [4.69, 9.17) is 9.47 Å². The lowest BCUT2D eigenvalue weighted by molar-refractivity contribution is 0.211. The number of para-hydroxylation sites is 1. The maximum absolute atomic E-state index is 13.3. The van der Waals surface area contributed by atoms with Crippen LogP contribution >= 0.6 is 11.8 Å². The van der Waals surface area contributed by atoms with Gasteiger partial charge in [-0.15, -0.1) is 11.8 Å². The van der Waals surface area contributed by atoms with Gasteiger partial charge in [0.15, 0.2) is 11.6 Å². The van der Waals surface area contributed by atoms with Crippen LogP contribution in [0.1, 0.15) is 0 Å². The van der Waals surface area contributed by atoms with E-state index in [-0.39, 0.29) is 11.6 Å². The molecule has 0 aliphatic rings. The van der Waals surface area contributed by atoms with Crippen LogP contribution in [-0.4, -0.2) is 19.5 Å². The van der Waals surface area contributed by atoms with Gasteiger partial charge >= 0.3 is 0 Å². The normalized spacial score (nSPS) is 10.2. The number of ether oxygens (including phenoxy) is 2. The van der Waals surface area contributed by atoms with Crippen LogP contribution in [-0.2, 0) is 0 Å². The van der Waals surface area contributed by atoms with E-state index < -0.39 is 0 Å². The van der Waals surface area contributed by atoms with E-state index >= 15 is 0 Å². The van der Waals surface area contributed by atoms with Gasteiger partial charge in [-0.2, -0.15) is 0 Å². The van der Waals surface area contributed by atoms with E-state index in [0.717, 1.165) is 5.75 Å². The van der Waals surface area contributed by atoms with Crippen molar-refractivity contribution in [1.82, 2.24) is 0 Å². The second-order valence-electron chi connectivity index (χ2n) is 3.80. The molecule has 0 N–H and O–H groups in total. The number of hydrogen-bond acceptors (Lipinski definition) is 3. The second kappa shape index (κ2) is 7.04. The van der Waals surface area contributed by atoms with Crippen molar-refractivity contribution in [3.63, 3.8) is 0 Å². The Balaban J connectivity index is 1.76. The van der Waals surface area contributed by atoms with Gasteiger partial charge in [0.25, 0.3) is 0 Å². The minimum Gasteiger partial charge on any atom is -0.490 e. The Labute approximate surface area is 116 Å². The van der Waals surface area contributed by atoms with Crippen molar-refractivity contribution in [3.05, 3.63) is 54.3 Å². The molecule has 0 radical (unpaired) electrons. The van der Waals surface area contributed by atoms with Crippen molar-refractivity contribution in [1.29, 1.82) is 0 Å². The summed E-state index contributed by atoms with van der Waals surface area (Å²) >= 11 is 1.68. The summed E-state index contributed by atoms with van der Waals surface area (Å²) in [6.45, 7) is 0.693. The Morgan fingerprint density at radius 3 is 2.32 bits per heavy atom. The molecular weight excluding hydrogens is 263 g/mol. The van der Waals surface area contributed by atoms with Gasteiger partial charge in [0.05, 0.1) is 0 Å². The first kappa shape index (κ1) is 13.7. The van der Waals surface area contributed by atoms with Crippen LogP contribution in [0.2, 0.25) is 0 Å². The topological polar surface area (TPSA) is 18.5 Å². The molecule has 0 spiro atoms. The number of halogens is 1. The van der Waals surface area contributed by atoms with Crippen molar-refractivity contribution in [2.24, 2.45) is 0 Å². The number of hydrogen-bond donors (Lipinski definition) is 0. The molecule has 0 aliphatic heterocycles. The van der Waals surface area contributed by atoms with E-state index in [0.29, 0.717) is 13.2 Å². The molecule has 2 nitrogen and oxygen atoms in total. The zero-order valence-electron chi connectivity index (χ0n) is 10.6. The summed E-state index contributed by atoms with van der Waals surface area (Å²) in [4.78, 5) is 1.19. The molecule has 0 bridgehead atoms. The van der Waals surface area contributed by atoms with Crippen LogP contribution in [0.5, 0.6) is 11.5 Å². The van der Waals surface area contributed by atoms with Gasteiger partial charge in [-0.3, -0.25) is 0 Å². The number of benzene rings is 2. The van der Waals surface area contributed by atoms with Crippen molar-refractivity contribution in [3.8, 4) is 11.5 Å². The zero-order chi connectivity index (χ0) is 13.5. The van der Waals surface area contributed by atoms with Crippen molar-refractivity contribution >= 4 is 11.8 Å². The Morgan fingerprint density at radius 1 is 0.947 bits per heavy atom. The number of rotatable bonds is 6. The first-order valence-electron chi connectivity index (χ1n) is 5.94. The van der Waals surface area contributed by atoms with E-state index in [2.05, 4.69) is 0 Å². The summed E-state index contributed by atoms with van der Waals surface area (Å²) in [5.74, 6) is 0.686. The predicted molar refractivity (Wildman–Crippen MR) is 75.6 cm³/mol. The summed E-state index contributed by atoms with van der Waals surface area (Å²) in [6.07, 6.45) is 2.03. The molecule has 0 aliphatic carbocycles. The smallest absolute Gasteiger partial charge is 0.165 e. The summed E-state index contributed by atoms with van der Waals surface area (Å²) in [5, 5.41) is 0. The Hall–Kier alpha value is -1.68. The molecule has 2 aromatic carbocycles. The molecule has 4 heteroatoms. The second-order valence-corrected chi connectivity index (χ2v) is 4.68. The van der Waals surface area contributed by atoms with Crippen LogP contribution in [0.3, 0.4) is 0 Å². The molecule has 2 rings (SSSR count). The maximum Gasteiger partial charge on any atom is 0.165 e. The van der Waals surface area contributed by atoms with Gasteiger partial charge < -0.3 is 9.47 Å². The molecule has 0 unspecified atom stereocenters. The molecule has 0 heterocycles. The third-order valence-corrected chi connectivity index (χ3v) is 3.25. The van der Waals surface area contributed by atoms with E-state index in [9.17, 15) is 4.39 Å². The van der Waals surface area contributed by atoms with Gasteiger partial charge in [0, 0.05) is 4.90 Å². The SMILES string of the molecule is CSc1ccc(OCCOc2ccccc2F)cc1. The number of thioether (sulfide) groups is 1. The molecule has 0 fully saturated rings. The van der Waals surface area contributed by atoms with Crippen LogP contribution in [0.15, 0.2) is 53.4 Å². The van der Waals surface area contributed by atoms with Gasteiger partial charge in [-0.05, 0) is 42.7 Å². The maximum atomic E-state index is 13.3. The van der Waals surface area contributed by atoms with Crippen LogP contribution in [0, 0.1) is 5.82 Å². The highest BCUT2D eigenvalue weighted by Gasteiger charge is 2.01. The fourth-order valence-electron chi connectivity index (χ4n) is 1.54. The zero-order valence-corrected chi connectivity index (χ0v) is 11.5. The van der Waals surface area contributed by atoms with E-state index in [1.54, 1.807) is 30.0 Å². The quantitative estimate of drug-likeness (QED) is 0.587. The fourth-order valence-corrected chi connectivity index (χ4v) is 1.95. The minimum atomic E-state index is -0.355. The van der Waals surface area contributed by atoms with Gasteiger partial charge in [-0.1, -0.05) is 12.1 Å². The lowest BCUT2D eigenvalue weighted by Gasteiger charge is -2.09. The summed E-state index contributed by atoms with van der Waals surface area (Å²) < 4.78 is 24.1. The van der Waals surface area contributed by atoms with Crippen molar-refractivity contribution < 1.29 is 13.9 Å². The highest BCUT2D eigenvalue weighted by molar-refractivity contribution is 7.98. The van der Waals surface area contributed by atoms with Gasteiger partial charge in [0.2, 0.25) is 0 Å². The average Bonchev–Trinajstić information content (AvgIpc) is 2.46. The molecule has 0 saturated heterocycles. The van der Waals surface area contributed by atoms with Crippen LogP contribution in [0.25, 0.3) is 0 Å². The van der Waals surface area contributed by atoms with Gasteiger partial charge in [-0.25, -0.2) is 4.39 Å². The third-order valence-electron chi connectivity index (χ3n) is 2.51. The van der Waals surface area contributed by atoms with Gasteiger partial charge in [0.1, 0.15) is 19.0 Å². The molecule has 0 amide bonds. The van der Waals surface area contributed by atoms with E-state index in [1.807, 2.05) is 30.5 Å². The lowest BCUT2D eigenvalue weighted by atomic mass is 10.3. The summed E-state index contributed by atoms with van der Waals surface area (Å²) in [7, 11) is 0. The van der Waals surface area contributed by atoms with Crippen LogP contribution < -0.4 is 9.47 Å². The molecule has 19 heavy (non-hydrogen) atoms.